The first-order chi connectivity index (χ1) is 18.4. The van der Waals surface area contributed by atoms with Crippen LogP contribution in [0.25, 0.3) is 0 Å². The minimum atomic E-state index is -4.07. The number of halogens is 1. The van der Waals surface area contributed by atoms with Crippen LogP contribution in [0.5, 0.6) is 0 Å². The summed E-state index contributed by atoms with van der Waals surface area (Å²) in [7, 11) is -2.61. The first-order valence-electron chi connectivity index (χ1n) is 11.9. The van der Waals surface area contributed by atoms with Crippen LogP contribution in [0.15, 0.2) is 72.8 Å². The van der Waals surface area contributed by atoms with Gasteiger partial charge in [-0.15, -0.1) is 0 Å². The van der Waals surface area contributed by atoms with Gasteiger partial charge >= 0.3 is 0 Å². The minimum absolute atomic E-state index is 0.00250. The Kier molecular flexibility index (Phi) is 9.66. The largest absolute Gasteiger partial charge is 0.357 e. The topological polar surface area (TPSA) is 130 Å². The Labute approximate surface area is 232 Å². The third-order valence-electron chi connectivity index (χ3n) is 6.17. The number of rotatable bonds is 11. The van der Waals surface area contributed by atoms with E-state index in [2.05, 4.69) is 5.32 Å². The number of nitro benzene ring substituents is 1. The maximum atomic E-state index is 13.9. The van der Waals surface area contributed by atoms with Crippen molar-refractivity contribution in [1.29, 1.82) is 0 Å². The lowest BCUT2D eigenvalue weighted by atomic mass is 10.0. The molecule has 0 bridgehead atoms. The number of non-ortho nitro benzene ring substituents is 1. The third-order valence-corrected chi connectivity index (χ3v) is 7.66. The predicted molar refractivity (Wildman–Crippen MR) is 150 cm³/mol. The number of likely N-dealkylation sites (N-methyl/N-ethyl adjacent to an activating group) is 1. The second kappa shape index (κ2) is 12.7. The maximum absolute atomic E-state index is 13.9. The van der Waals surface area contributed by atoms with Crippen LogP contribution in [0.3, 0.4) is 0 Å². The Morgan fingerprint density at radius 3 is 2.28 bits per heavy atom. The van der Waals surface area contributed by atoms with Gasteiger partial charge in [0.2, 0.25) is 21.8 Å². The highest BCUT2D eigenvalue weighted by molar-refractivity contribution is 7.92. The van der Waals surface area contributed by atoms with Gasteiger partial charge in [-0.1, -0.05) is 66.2 Å². The molecule has 0 unspecified atom stereocenters. The van der Waals surface area contributed by atoms with Gasteiger partial charge in [0.15, 0.2) is 0 Å². The van der Waals surface area contributed by atoms with Gasteiger partial charge in [0.05, 0.1) is 16.9 Å². The van der Waals surface area contributed by atoms with Crippen LogP contribution in [0.1, 0.15) is 16.7 Å². The van der Waals surface area contributed by atoms with E-state index in [1.54, 1.807) is 31.2 Å². The molecule has 0 saturated carbocycles. The van der Waals surface area contributed by atoms with Gasteiger partial charge in [0, 0.05) is 37.2 Å². The fraction of sp³-hybridized carbons (Fsp3) is 0.259. The average Bonchev–Trinajstić information content (AvgIpc) is 2.90. The zero-order valence-electron chi connectivity index (χ0n) is 21.7. The van der Waals surface area contributed by atoms with Crippen LogP contribution in [-0.2, 0) is 32.6 Å². The smallest absolute Gasteiger partial charge is 0.271 e. The molecule has 0 aliphatic rings. The molecule has 0 spiro atoms. The van der Waals surface area contributed by atoms with E-state index in [0.717, 1.165) is 22.2 Å². The van der Waals surface area contributed by atoms with Crippen molar-refractivity contribution in [2.24, 2.45) is 0 Å². The molecule has 0 saturated heterocycles. The van der Waals surface area contributed by atoms with Crippen molar-refractivity contribution in [3.63, 3.8) is 0 Å². The normalized spacial score (nSPS) is 11.9. The molecule has 3 aromatic carbocycles. The first-order valence-corrected chi connectivity index (χ1v) is 14.2. The van der Waals surface area contributed by atoms with Gasteiger partial charge in [-0.3, -0.25) is 24.0 Å². The van der Waals surface area contributed by atoms with Crippen molar-refractivity contribution in [2.75, 3.05) is 24.2 Å². The highest BCUT2D eigenvalue weighted by atomic mass is 35.5. The first kappa shape index (κ1) is 29.6. The number of nitro groups is 1. The minimum Gasteiger partial charge on any atom is -0.357 e. The molecule has 3 rings (SSSR count). The molecule has 0 aliphatic carbocycles. The molecule has 0 heterocycles. The van der Waals surface area contributed by atoms with E-state index in [1.165, 1.54) is 24.1 Å². The van der Waals surface area contributed by atoms with Crippen molar-refractivity contribution in [1.82, 2.24) is 10.2 Å². The number of amides is 2. The summed E-state index contributed by atoms with van der Waals surface area (Å²) in [5.74, 6) is -1.13. The van der Waals surface area contributed by atoms with Gasteiger partial charge < -0.3 is 10.2 Å². The molecular weight excluding hydrogens is 544 g/mol. The number of benzene rings is 3. The van der Waals surface area contributed by atoms with Crippen LogP contribution < -0.4 is 9.62 Å². The van der Waals surface area contributed by atoms with Crippen molar-refractivity contribution in [3.8, 4) is 0 Å². The van der Waals surface area contributed by atoms with Crippen LogP contribution in [0.4, 0.5) is 11.4 Å². The zero-order chi connectivity index (χ0) is 28.7. The van der Waals surface area contributed by atoms with Crippen molar-refractivity contribution >= 4 is 44.8 Å². The van der Waals surface area contributed by atoms with E-state index in [1.807, 2.05) is 30.3 Å². The summed E-state index contributed by atoms with van der Waals surface area (Å²) in [6.45, 7) is 0.828. The lowest BCUT2D eigenvalue weighted by molar-refractivity contribution is -0.384. The molecule has 3 aromatic rings. The molecule has 0 fully saturated rings. The Morgan fingerprint density at radius 2 is 1.69 bits per heavy atom. The van der Waals surface area contributed by atoms with E-state index < -0.39 is 39.3 Å². The number of aryl methyl sites for hydroxylation is 1. The molecule has 39 heavy (non-hydrogen) atoms. The van der Waals surface area contributed by atoms with E-state index in [0.29, 0.717) is 16.1 Å². The van der Waals surface area contributed by atoms with Crippen LogP contribution in [-0.4, -0.2) is 55.9 Å². The number of nitrogens with zero attached hydrogens (tertiary/aromatic N) is 3. The number of carbonyl (C=O) groups is 2. The maximum Gasteiger partial charge on any atom is 0.271 e. The van der Waals surface area contributed by atoms with Gasteiger partial charge in [0.25, 0.3) is 5.69 Å². The van der Waals surface area contributed by atoms with Gasteiger partial charge in [-0.25, -0.2) is 8.42 Å². The molecule has 0 radical (unpaired) electrons. The van der Waals surface area contributed by atoms with E-state index in [-0.39, 0.29) is 24.3 Å². The molecule has 0 aromatic heterocycles. The number of anilines is 1. The van der Waals surface area contributed by atoms with Crippen LogP contribution in [0.2, 0.25) is 5.02 Å². The lowest BCUT2D eigenvalue weighted by Gasteiger charge is -2.33. The number of hydrogen-bond acceptors (Lipinski definition) is 6. The lowest BCUT2D eigenvalue weighted by Crippen LogP contribution is -2.53. The van der Waals surface area contributed by atoms with Gasteiger partial charge in [-0.2, -0.15) is 0 Å². The molecule has 206 valence electrons. The van der Waals surface area contributed by atoms with Crippen molar-refractivity contribution < 1.29 is 22.9 Å². The second-order valence-corrected chi connectivity index (χ2v) is 11.2. The standard InChI is InChI=1S/C27H29ClN4O6S/c1-19-13-14-22(32(35)36)16-24(19)31(39(3,37)38)18-26(33)30(17-21-11-7-8-12-23(21)28)25(27(34)29-2)15-20-9-5-4-6-10-20/h4-14,16,25H,15,17-18H2,1-3H3,(H,29,34)/t25-/m0/s1. The highest BCUT2D eigenvalue weighted by Gasteiger charge is 2.33. The third kappa shape index (κ3) is 7.55. The molecule has 12 heteroatoms. The Balaban J connectivity index is 2.09. The predicted octanol–water partition coefficient (Wildman–Crippen LogP) is 3.71. The number of sulfonamides is 1. The summed E-state index contributed by atoms with van der Waals surface area (Å²) in [6.07, 6.45) is 1.07. The number of nitrogens with one attached hydrogen (secondary N) is 1. The molecule has 10 nitrogen and oxygen atoms in total. The number of hydrogen-bond donors (Lipinski definition) is 1. The highest BCUT2D eigenvalue weighted by Crippen LogP contribution is 2.28. The van der Waals surface area contributed by atoms with E-state index in [9.17, 15) is 28.1 Å². The van der Waals surface area contributed by atoms with E-state index in [4.69, 9.17) is 11.6 Å². The zero-order valence-corrected chi connectivity index (χ0v) is 23.3. The fourth-order valence-corrected chi connectivity index (χ4v) is 5.20. The van der Waals surface area contributed by atoms with Crippen LogP contribution in [0, 0.1) is 17.0 Å². The average molecular weight is 573 g/mol. The summed E-state index contributed by atoms with van der Waals surface area (Å²) < 4.78 is 26.6. The molecule has 2 amide bonds. The van der Waals surface area contributed by atoms with E-state index >= 15 is 0 Å². The Bertz CT molecular complexity index is 1470. The quantitative estimate of drug-likeness (QED) is 0.275. The fourth-order valence-electron chi connectivity index (χ4n) is 4.11. The monoisotopic (exact) mass is 572 g/mol. The molecule has 1 N–H and O–H groups in total. The van der Waals surface area contributed by atoms with Gasteiger partial charge in [0.1, 0.15) is 12.6 Å². The summed E-state index contributed by atoms with van der Waals surface area (Å²) in [6, 6.07) is 18.7. The molecular formula is C27H29ClN4O6S. The van der Waals surface area contributed by atoms with Crippen molar-refractivity contribution in [3.05, 3.63) is 105 Å². The molecule has 0 aliphatic heterocycles. The Hall–Kier alpha value is -3.96. The SMILES string of the molecule is CNC(=O)[C@H](Cc1ccccc1)N(Cc1ccccc1Cl)C(=O)CN(c1cc([N+](=O)[O-])ccc1C)S(C)(=O)=O. The summed E-state index contributed by atoms with van der Waals surface area (Å²) >= 11 is 6.38. The van der Waals surface area contributed by atoms with Crippen molar-refractivity contribution in [2.45, 2.75) is 25.9 Å². The van der Waals surface area contributed by atoms with Crippen LogP contribution >= 0.6 is 11.6 Å². The Morgan fingerprint density at radius 1 is 1.05 bits per heavy atom. The van der Waals surface area contributed by atoms with Gasteiger partial charge in [-0.05, 0) is 29.7 Å². The second-order valence-electron chi connectivity index (χ2n) is 8.93. The summed E-state index contributed by atoms with van der Waals surface area (Å²) in [5.41, 5.74) is 1.45. The summed E-state index contributed by atoms with van der Waals surface area (Å²) in [5, 5.41) is 14.3. The number of carbonyl (C=O) groups excluding carboxylic acids is 2. The molecule has 1 atom stereocenters. The summed E-state index contributed by atoms with van der Waals surface area (Å²) in [4.78, 5) is 39.1.